The van der Waals surface area contributed by atoms with Crippen LogP contribution in [0.5, 0.6) is 0 Å². The number of nitrogens with zero attached hydrogens (tertiary/aromatic N) is 1. The molecule has 0 fully saturated rings. The molecule has 0 bridgehead atoms. The van der Waals surface area contributed by atoms with Gasteiger partial charge in [-0.1, -0.05) is 92.7 Å². The molecule has 2 nitrogen and oxygen atoms in total. The minimum atomic E-state index is -0.0257. The molecule has 2 heteroatoms. The van der Waals surface area contributed by atoms with Crippen LogP contribution in [0.2, 0.25) is 0 Å². The van der Waals surface area contributed by atoms with Crippen LogP contribution in [-0.4, -0.2) is 4.57 Å². The van der Waals surface area contributed by atoms with Gasteiger partial charge in [0, 0.05) is 27.0 Å². The van der Waals surface area contributed by atoms with E-state index in [1.165, 1.54) is 44.1 Å². The van der Waals surface area contributed by atoms with Crippen molar-refractivity contribution in [1.29, 1.82) is 0 Å². The van der Waals surface area contributed by atoms with Crippen molar-refractivity contribution in [3.8, 4) is 16.8 Å². The molecule has 0 aliphatic heterocycles. The molecule has 7 aromatic rings. The molecule has 0 amide bonds. The number of furan rings is 1. The average molecular weight is 450 g/mol. The van der Waals surface area contributed by atoms with E-state index >= 15 is 0 Å². The molecule has 0 unspecified atom stereocenters. The quantitative estimate of drug-likeness (QED) is 0.244. The number of para-hydroxylation sites is 3. The Morgan fingerprint density at radius 2 is 1.34 bits per heavy atom. The van der Waals surface area contributed by atoms with Crippen molar-refractivity contribution in [2.45, 2.75) is 19.3 Å². The van der Waals surface area contributed by atoms with E-state index in [1.54, 1.807) is 0 Å². The number of fused-ring (bicyclic) bond motifs is 10. The fourth-order valence-corrected chi connectivity index (χ4v) is 6.42. The first-order valence-corrected chi connectivity index (χ1v) is 12.2. The Balaban J connectivity index is 1.57. The second-order valence-electron chi connectivity index (χ2n) is 10.2. The van der Waals surface area contributed by atoms with E-state index in [0.717, 1.165) is 27.6 Å². The van der Waals surface area contributed by atoms with E-state index in [1.807, 2.05) is 6.07 Å². The molecular weight excluding hydrogens is 426 g/mol. The lowest BCUT2D eigenvalue weighted by molar-refractivity contribution is 0.660. The largest absolute Gasteiger partial charge is 0.454 e. The maximum Gasteiger partial charge on any atom is 0.159 e. The lowest BCUT2D eigenvalue weighted by Gasteiger charge is -2.21. The van der Waals surface area contributed by atoms with Crippen LogP contribution < -0.4 is 0 Å². The van der Waals surface area contributed by atoms with Gasteiger partial charge in [0.25, 0.3) is 0 Å². The van der Waals surface area contributed by atoms with Gasteiger partial charge in [-0.05, 0) is 46.5 Å². The molecule has 1 aliphatic rings. The highest BCUT2D eigenvalue weighted by Gasteiger charge is 2.37. The molecule has 2 heterocycles. The molecule has 0 atom stereocenters. The molecule has 0 radical (unpaired) electrons. The molecule has 166 valence electrons. The summed E-state index contributed by atoms with van der Waals surface area (Å²) < 4.78 is 8.86. The Morgan fingerprint density at radius 1 is 0.600 bits per heavy atom. The molecule has 0 N–H and O–H groups in total. The van der Waals surface area contributed by atoms with Crippen molar-refractivity contribution >= 4 is 43.7 Å². The zero-order valence-electron chi connectivity index (χ0n) is 19.7. The zero-order valence-corrected chi connectivity index (χ0v) is 19.7. The number of rotatable bonds is 1. The smallest absolute Gasteiger partial charge is 0.159 e. The molecule has 0 saturated carbocycles. The van der Waals surface area contributed by atoms with Crippen molar-refractivity contribution in [3.05, 3.63) is 114 Å². The third-order valence-corrected chi connectivity index (χ3v) is 8.01. The number of hydrogen-bond acceptors (Lipinski definition) is 1. The van der Waals surface area contributed by atoms with Gasteiger partial charge < -0.3 is 8.98 Å². The predicted octanol–water partition coefficient (Wildman–Crippen LogP) is 8.99. The first kappa shape index (κ1) is 19.1. The topological polar surface area (TPSA) is 18.1 Å². The lowest BCUT2D eigenvalue weighted by Crippen LogP contribution is -2.14. The van der Waals surface area contributed by atoms with Crippen molar-refractivity contribution in [2.75, 3.05) is 0 Å². The summed E-state index contributed by atoms with van der Waals surface area (Å²) >= 11 is 0. The third-order valence-electron chi connectivity index (χ3n) is 8.01. The maximum atomic E-state index is 6.47. The van der Waals surface area contributed by atoms with E-state index in [2.05, 4.69) is 115 Å². The standard InChI is InChI=1S/C33H23NO/c1-33(2)24-14-6-3-11-22(24)30-25(33)18-19-27-31(30)23-12-4-7-15-26(23)34(27)28-16-9-13-21-20-10-5-8-17-29(20)35-32(21)28/h3-19H,1-2H3. The molecule has 2 aromatic heterocycles. The van der Waals surface area contributed by atoms with Crippen LogP contribution in [0.3, 0.4) is 0 Å². The Labute approximate surface area is 203 Å². The summed E-state index contributed by atoms with van der Waals surface area (Å²) in [5.41, 5.74) is 10.8. The second kappa shape index (κ2) is 6.43. The Kier molecular flexibility index (Phi) is 3.50. The Bertz CT molecular complexity index is 1980. The third kappa shape index (κ3) is 2.29. The van der Waals surface area contributed by atoms with Crippen molar-refractivity contribution < 1.29 is 4.42 Å². The SMILES string of the molecule is CC1(C)c2ccccc2-c2c1ccc1c2c2ccccc2n1-c1cccc2c1oc1ccccc12. The summed E-state index contributed by atoms with van der Waals surface area (Å²) in [6.07, 6.45) is 0. The van der Waals surface area contributed by atoms with Gasteiger partial charge >= 0.3 is 0 Å². The second-order valence-corrected chi connectivity index (χ2v) is 10.2. The van der Waals surface area contributed by atoms with Gasteiger partial charge in [0.05, 0.1) is 16.7 Å². The molecule has 8 rings (SSSR count). The first-order valence-electron chi connectivity index (χ1n) is 12.2. The van der Waals surface area contributed by atoms with Gasteiger partial charge in [-0.15, -0.1) is 0 Å². The van der Waals surface area contributed by atoms with Crippen LogP contribution >= 0.6 is 0 Å². The molecule has 0 saturated heterocycles. The van der Waals surface area contributed by atoms with Crippen LogP contribution in [0.15, 0.2) is 108 Å². The summed E-state index contributed by atoms with van der Waals surface area (Å²) in [6, 6.07) is 37.1. The normalized spacial score (nSPS) is 14.2. The van der Waals surface area contributed by atoms with Gasteiger partial charge in [0.15, 0.2) is 5.58 Å². The molecule has 1 aliphatic carbocycles. The van der Waals surface area contributed by atoms with Crippen molar-refractivity contribution in [1.82, 2.24) is 4.57 Å². The van der Waals surface area contributed by atoms with Crippen LogP contribution in [0.1, 0.15) is 25.0 Å². The maximum absolute atomic E-state index is 6.47. The van der Waals surface area contributed by atoms with E-state index in [4.69, 9.17) is 4.42 Å². The minimum Gasteiger partial charge on any atom is -0.454 e. The predicted molar refractivity (Wildman–Crippen MR) is 146 cm³/mol. The monoisotopic (exact) mass is 449 g/mol. The zero-order chi connectivity index (χ0) is 23.3. The van der Waals surface area contributed by atoms with Gasteiger partial charge in [-0.3, -0.25) is 0 Å². The molecule has 0 spiro atoms. The molecule has 5 aromatic carbocycles. The number of benzene rings is 5. The minimum absolute atomic E-state index is 0.0257. The molecule has 35 heavy (non-hydrogen) atoms. The van der Waals surface area contributed by atoms with E-state index in [0.29, 0.717) is 0 Å². The van der Waals surface area contributed by atoms with E-state index in [9.17, 15) is 0 Å². The molecular formula is C33H23NO. The van der Waals surface area contributed by atoms with Crippen LogP contribution in [0.25, 0.3) is 60.6 Å². The summed E-state index contributed by atoms with van der Waals surface area (Å²) in [7, 11) is 0. The highest BCUT2D eigenvalue weighted by Crippen LogP contribution is 2.53. The van der Waals surface area contributed by atoms with Gasteiger partial charge in [-0.2, -0.15) is 0 Å². The van der Waals surface area contributed by atoms with Crippen LogP contribution in [-0.2, 0) is 5.41 Å². The first-order chi connectivity index (χ1) is 17.1. The highest BCUT2D eigenvalue weighted by molar-refractivity contribution is 6.19. The summed E-state index contributed by atoms with van der Waals surface area (Å²) in [5.74, 6) is 0. The number of aromatic nitrogens is 1. The van der Waals surface area contributed by atoms with Crippen LogP contribution in [0.4, 0.5) is 0 Å². The van der Waals surface area contributed by atoms with Crippen LogP contribution in [0, 0.1) is 0 Å². The van der Waals surface area contributed by atoms with Gasteiger partial charge in [0.2, 0.25) is 0 Å². The van der Waals surface area contributed by atoms with Gasteiger partial charge in [-0.25, -0.2) is 0 Å². The Morgan fingerprint density at radius 3 is 2.26 bits per heavy atom. The fraction of sp³-hybridized carbons (Fsp3) is 0.0909. The fourth-order valence-electron chi connectivity index (χ4n) is 6.42. The highest BCUT2D eigenvalue weighted by atomic mass is 16.3. The van der Waals surface area contributed by atoms with E-state index in [-0.39, 0.29) is 5.41 Å². The average Bonchev–Trinajstić information content (AvgIpc) is 3.51. The summed E-state index contributed by atoms with van der Waals surface area (Å²) in [4.78, 5) is 0. The number of hydrogen-bond donors (Lipinski definition) is 0. The summed E-state index contributed by atoms with van der Waals surface area (Å²) in [5, 5.41) is 4.91. The summed E-state index contributed by atoms with van der Waals surface area (Å²) in [6.45, 7) is 4.69. The lowest BCUT2D eigenvalue weighted by atomic mass is 9.82. The van der Waals surface area contributed by atoms with E-state index < -0.39 is 0 Å². The van der Waals surface area contributed by atoms with Crippen molar-refractivity contribution in [3.63, 3.8) is 0 Å². The van der Waals surface area contributed by atoms with Crippen molar-refractivity contribution in [2.24, 2.45) is 0 Å². The van der Waals surface area contributed by atoms with Gasteiger partial charge in [0.1, 0.15) is 5.58 Å². The Hall–Kier alpha value is -4.30.